The van der Waals surface area contributed by atoms with E-state index in [0.717, 1.165) is 41.9 Å². The van der Waals surface area contributed by atoms with Crippen LogP contribution in [0.25, 0.3) is 0 Å². The van der Waals surface area contributed by atoms with Gasteiger partial charge < -0.3 is 5.11 Å². The van der Waals surface area contributed by atoms with Crippen LogP contribution < -0.4 is 0 Å². The molecule has 4 saturated carbocycles. The van der Waals surface area contributed by atoms with Gasteiger partial charge in [-0.25, -0.2) is 0 Å². The average Bonchev–Trinajstić information content (AvgIpc) is 3.06. The first-order valence-electron chi connectivity index (χ1n) is 13.2. The summed E-state index contributed by atoms with van der Waals surface area (Å²) in [7, 11) is 0. The minimum atomic E-state index is -0.0528. The number of fused-ring (bicyclic) bond motifs is 5. The summed E-state index contributed by atoms with van der Waals surface area (Å²) in [5, 5.41) is 11.1. The summed E-state index contributed by atoms with van der Waals surface area (Å²) in [6.45, 7) is 16.3. The monoisotopic (exact) mass is 412 g/mol. The fourth-order valence-electron chi connectivity index (χ4n) is 9.33. The molecule has 4 aliphatic rings. The van der Waals surface area contributed by atoms with Crippen molar-refractivity contribution in [1.29, 1.82) is 0 Å². The van der Waals surface area contributed by atoms with Crippen LogP contribution in [0.1, 0.15) is 98.8 Å². The molecule has 0 radical (unpaired) electrons. The first kappa shape index (κ1) is 22.6. The van der Waals surface area contributed by atoms with Crippen molar-refractivity contribution in [1.82, 2.24) is 0 Å². The number of aliphatic hydroxyl groups is 1. The van der Waals surface area contributed by atoms with Crippen LogP contribution >= 0.6 is 0 Å². The first-order chi connectivity index (χ1) is 14.2. The zero-order chi connectivity index (χ0) is 21.7. The van der Waals surface area contributed by atoms with Crippen LogP contribution in [-0.4, -0.2) is 11.2 Å². The highest BCUT2D eigenvalue weighted by Crippen LogP contribution is 2.68. The third-order valence-corrected chi connectivity index (χ3v) is 11.1. The summed E-state index contributed by atoms with van der Waals surface area (Å²) in [5.41, 5.74) is 2.14. The highest BCUT2D eigenvalue weighted by atomic mass is 16.3. The average molecular weight is 413 g/mol. The normalized spacial score (nSPS) is 47.4. The molecule has 0 aromatic rings. The third kappa shape index (κ3) is 3.46. The summed E-state index contributed by atoms with van der Waals surface area (Å²) in [6, 6.07) is 0. The highest BCUT2D eigenvalue weighted by molar-refractivity contribution is 5.18. The van der Waals surface area contributed by atoms with Crippen LogP contribution in [-0.2, 0) is 0 Å². The number of rotatable bonds is 5. The maximum atomic E-state index is 11.1. The van der Waals surface area contributed by atoms with Crippen LogP contribution in [0.3, 0.4) is 0 Å². The quantitative estimate of drug-likeness (QED) is 0.457. The topological polar surface area (TPSA) is 20.2 Å². The Bertz CT molecular complexity index is 661. The summed E-state index contributed by atoms with van der Waals surface area (Å²) in [4.78, 5) is 0. The second kappa shape index (κ2) is 8.42. The second-order valence-corrected chi connectivity index (χ2v) is 12.5. The molecular formula is C29H48O. The molecule has 0 heterocycles. The molecule has 1 heteroatoms. The lowest BCUT2D eigenvalue weighted by Crippen LogP contribution is -2.57. The van der Waals surface area contributed by atoms with E-state index in [4.69, 9.17) is 0 Å². The molecule has 0 bridgehead atoms. The van der Waals surface area contributed by atoms with Crippen LogP contribution in [0.5, 0.6) is 0 Å². The largest absolute Gasteiger partial charge is 0.393 e. The van der Waals surface area contributed by atoms with Gasteiger partial charge in [0.1, 0.15) is 0 Å². The molecule has 0 spiro atoms. The minimum Gasteiger partial charge on any atom is -0.393 e. The van der Waals surface area contributed by atoms with Gasteiger partial charge in [0.15, 0.2) is 0 Å². The fraction of sp³-hybridized carbons (Fsp3) is 0.862. The molecule has 0 aliphatic heterocycles. The Labute approximate surface area is 186 Å². The van der Waals surface area contributed by atoms with Crippen molar-refractivity contribution in [2.75, 3.05) is 0 Å². The zero-order valence-electron chi connectivity index (χ0n) is 20.5. The van der Waals surface area contributed by atoms with Crippen LogP contribution in [0.2, 0.25) is 0 Å². The summed E-state index contributed by atoms with van der Waals surface area (Å²) < 4.78 is 0. The summed E-state index contributed by atoms with van der Waals surface area (Å²) in [5.74, 6) is 5.51. The molecule has 0 aromatic carbocycles. The van der Waals surface area contributed by atoms with E-state index in [-0.39, 0.29) is 11.5 Å². The van der Waals surface area contributed by atoms with Crippen LogP contribution in [0.15, 0.2) is 24.3 Å². The molecule has 4 rings (SSSR count). The predicted octanol–water partition coefficient (Wildman–Crippen LogP) is 7.80. The molecular weight excluding hydrogens is 364 g/mol. The number of allylic oxidation sites excluding steroid dienone is 3. The van der Waals surface area contributed by atoms with Crippen molar-refractivity contribution in [2.24, 2.45) is 52.3 Å². The maximum Gasteiger partial charge on any atom is 0.0599 e. The molecule has 170 valence electrons. The van der Waals surface area contributed by atoms with E-state index >= 15 is 0 Å². The van der Waals surface area contributed by atoms with E-state index in [1.807, 2.05) is 0 Å². The fourth-order valence-corrected chi connectivity index (χ4v) is 9.33. The van der Waals surface area contributed by atoms with Crippen molar-refractivity contribution in [3.63, 3.8) is 0 Å². The lowest BCUT2D eigenvalue weighted by atomic mass is 9.44. The van der Waals surface area contributed by atoms with Gasteiger partial charge in [-0.15, -0.1) is 0 Å². The Morgan fingerprint density at radius 2 is 1.77 bits per heavy atom. The molecule has 9 atom stereocenters. The van der Waals surface area contributed by atoms with E-state index in [9.17, 15) is 5.11 Å². The summed E-state index contributed by atoms with van der Waals surface area (Å²) >= 11 is 0. The lowest BCUT2D eigenvalue weighted by molar-refractivity contribution is -0.164. The van der Waals surface area contributed by atoms with Crippen molar-refractivity contribution in [3.8, 4) is 0 Å². The molecule has 4 aliphatic carbocycles. The first-order valence-corrected chi connectivity index (χ1v) is 13.2. The van der Waals surface area contributed by atoms with Crippen molar-refractivity contribution < 1.29 is 5.11 Å². The van der Waals surface area contributed by atoms with Gasteiger partial charge in [-0.05, 0) is 110 Å². The number of aliphatic hydroxyl groups excluding tert-OH is 1. The predicted molar refractivity (Wildman–Crippen MR) is 128 cm³/mol. The van der Waals surface area contributed by atoms with E-state index in [0.29, 0.717) is 11.3 Å². The molecule has 1 N–H and O–H groups in total. The molecule has 0 aromatic heterocycles. The minimum absolute atomic E-state index is 0.0528. The van der Waals surface area contributed by atoms with Gasteiger partial charge in [0.05, 0.1) is 6.10 Å². The molecule has 2 unspecified atom stereocenters. The highest BCUT2D eigenvalue weighted by Gasteiger charge is 2.61. The molecule has 0 saturated heterocycles. The maximum absolute atomic E-state index is 11.1. The Kier molecular flexibility index (Phi) is 6.35. The molecule has 4 fully saturated rings. The molecule has 30 heavy (non-hydrogen) atoms. The van der Waals surface area contributed by atoms with Gasteiger partial charge in [0.2, 0.25) is 0 Å². The van der Waals surface area contributed by atoms with Gasteiger partial charge in [-0.2, -0.15) is 0 Å². The smallest absolute Gasteiger partial charge is 0.0599 e. The van der Waals surface area contributed by atoms with E-state index in [1.54, 1.807) is 0 Å². The van der Waals surface area contributed by atoms with Gasteiger partial charge in [-0.1, -0.05) is 65.3 Å². The van der Waals surface area contributed by atoms with Crippen LogP contribution in [0, 0.1) is 52.3 Å². The van der Waals surface area contributed by atoms with Crippen LogP contribution in [0.4, 0.5) is 0 Å². The van der Waals surface area contributed by atoms with E-state index in [2.05, 4.69) is 53.3 Å². The second-order valence-electron chi connectivity index (χ2n) is 12.5. The third-order valence-electron chi connectivity index (χ3n) is 11.1. The zero-order valence-corrected chi connectivity index (χ0v) is 20.5. The SMILES string of the molecule is C=CC(=CC[C@@H](C)[C@H]1CC[C@H]2[C@@H]3CCC4CCCC(O)[C@]4(C)[C@H]3CC[C@]12C)C(C)C. The van der Waals surface area contributed by atoms with Gasteiger partial charge >= 0.3 is 0 Å². The van der Waals surface area contributed by atoms with Gasteiger partial charge in [0.25, 0.3) is 0 Å². The van der Waals surface area contributed by atoms with Crippen molar-refractivity contribution in [3.05, 3.63) is 24.3 Å². The molecule has 1 nitrogen and oxygen atoms in total. The Balaban J connectivity index is 1.52. The van der Waals surface area contributed by atoms with Crippen molar-refractivity contribution >= 4 is 0 Å². The number of hydrogen-bond donors (Lipinski definition) is 1. The summed E-state index contributed by atoms with van der Waals surface area (Å²) in [6.07, 6.45) is 17.8. The van der Waals surface area contributed by atoms with E-state index < -0.39 is 0 Å². The van der Waals surface area contributed by atoms with Gasteiger partial charge in [-0.3, -0.25) is 0 Å². The Morgan fingerprint density at radius 1 is 1.00 bits per heavy atom. The van der Waals surface area contributed by atoms with Gasteiger partial charge in [0, 0.05) is 0 Å². The Morgan fingerprint density at radius 3 is 2.47 bits per heavy atom. The lowest BCUT2D eigenvalue weighted by Gasteiger charge is -2.62. The molecule has 0 amide bonds. The Hall–Kier alpha value is -0.560. The standard InChI is InChI=1S/C29H48O/c1-7-21(19(2)3)12-11-20(4)24-15-16-25-23-14-13-22-9-8-10-27(30)29(22,6)26(23)17-18-28(24,25)5/h7,12,19-20,22-27,30H,1,8-11,13-18H2,2-6H3/t20-,22?,23+,24-,25+,26+,27?,28-,29+/m1/s1. The van der Waals surface area contributed by atoms with E-state index in [1.165, 1.54) is 63.4 Å². The van der Waals surface area contributed by atoms with Crippen molar-refractivity contribution in [2.45, 2.75) is 105 Å². The number of hydrogen-bond acceptors (Lipinski definition) is 1.